The molecular weight excluding hydrogens is 602 g/mol. The van der Waals surface area contributed by atoms with E-state index < -0.39 is 5.92 Å². The number of hydrogen-bond acceptors (Lipinski definition) is 5. The minimum Gasteiger partial charge on any atom is -0.343 e. The normalized spacial score (nSPS) is 25.6. The molecule has 1 aromatic heterocycles. The van der Waals surface area contributed by atoms with Crippen LogP contribution in [-0.2, 0) is 16.0 Å². The zero-order chi connectivity index (χ0) is 33.3. The number of aromatic amines is 1. The van der Waals surface area contributed by atoms with Gasteiger partial charge >= 0.3 is 11.9 Å². The van der Waals surface area contributed by atoms with Crippen molar-refractivity contribution in [2.24, 2.45) is 17.8 Å². The summed E-state index contributed by atoms with van der Waals surface area (Å²) in [5.41, 5.74) is 4.08. The first-order valence-electron chi connectivity index (χ1n) is 18.2. The first-order valence-corrected chi connectivity index (χ1v) is 18.2. The summed E-state index contributed by atoms with van der Waals surface area (Å²) >= 11 is 0. The van der Waals surface area contributed by atoms with Crippen molar-refractivity contribution in [2.45, 2.75) is 70.3 Å². The summed E-state index contributed by atoms with van der Waals surface area (Å²) < 4.78 is 0.409. The van der Waals surface area contributed by atoms with Crippen molar-refractivity contribution in [1.82, 2.24) is 25.3 Å². The molecule has 48 heavy (non-hydrogen) atoms. The molecule has 256 valence electrons. The highest BCUT2D eigenvalue weighted by Gasteiger charge is 2.45. The summed E-state index contributed by atoms with van der Waals surface area (Å²) in [6.07, 6.45) is 8.95. The average Bonchev–Trinajstić information content (AvgIpc) is 3.53. The van der Waals surface area contributed by atoms with Gasteiger partial charge in [0, 0.05) is 56.0 Å². The van der Waals surface area contributed by atoms with Gasteiger partial charge in [-0.1, -0.05) is 31.2 Å². The first-order chi connectivity index (χ1) is 23.3. The van der Waals surface area contributed by atoms with Gasteiger partial charge in [-0.15, -0.1) is 0 Å². The van der Waals surface area contributed by atoms with E-state index in [1.54, 1.807) is 0 Å². The minimum absolute atomic E-state index is 0.0481. The van der Waals surface area contributed by atoms with Crippen LogP contribution in [0.5, 0.6) is 0 Å². The number of carbonyl (C=O) groups excluding carboxylic acids is 3. The zero-order valence-electron chi connectivity index (χ0n) is 28.6. The van der Waals surface area contributed by atoms with Crippen LogP contribution in [0.2, 0.25) is 0 Å². The maximum Gasteiger partial charge on any atom is 0.322 e. The molecule has 4 aliphatic heterocycles. The molecule has 0 aliphatic carbocycles. The Morgan fingerprint density at radius 2 is 1.69 bits per heavy atom. The lowest BCUT2D eigenvalue weighted by Crippen LogP contribution is -2.58. The fourth-order valence-electron chi connectivity index (χ4n) is 9.00. The predicted molar refractivity (Wildman–Crippen MR) is 187 cm³/mol. The number of para-hydroxylation sites is 1. The minimum atomic E-state index is -0.421. The number of piperidine rings is 3. The molecule has 2 aromatic carbocycles. The highest BCUT2D eigenvalue weighted by atomic mass is 16.2. The second-order valence-corrected chi connectivity index (χ2v) is 15.1. The molecule has 3 saturated heterocycles. The number of quaternary nitrogens is 1. The third-order valence-electron chi connectivity index (χ3n) is 12.3. The van der Waals surface area contributed by atoms with E-state index in [-0.39, 0.29) is 36.2 Å². The average molecular weight is 655 g/mol. The molecule has 3 aromatic rings. The lowest BCUT2D eigenvalue weighted by atomic mass is 9.77. The maximum atomic E-state index is 14.7. The van der Waals surface area contributed by atoms with Gasteiger partial charge in [0.15, 0.2) is 0 Å². The second kappa shape index (κ2) is 14.0. The van der Waals surface area contributed by atoms with E-state index in [2.05, 4.69) is 53.0 Å². The van der Waals surface area contributed by atoms with Gasteiger partial charge < -0.3 is 20.4 Å². The standard InChI is InChI=1S/C38H51N7O3/c1-26(30-7-8-35-31(23-30)25-40-42-35)33(37(47)45(2)21-14-28(15-22-45)27-9-16-39-17-10-27)24-36(46)43-18-12-32(13-19-43)44-20-11-29-5-3-4-6-34(29)41-38(44)48/h3-8,23,25-28,32-33,39H,9-22,24H2,1-2H3,(H-,40,41,42,48)/p+1. The van der Waals surface area contributed by atoms with Gasteiger partial charge in [0.05, 0.1) is 37.8 Å². The largest absolute Gasteiger partial charge is 0.343 e. The van der Waals surface area contributed by atoms with Crippen LogP contribution in [0.1, 0.15) is 68.9 Å². The Kier molecular flexibility index (Phi) is 9.56. The van der Waals surface area contributed by atoms with Crippen LogP contribution >= 0.6 is 0 Å². The Labute approximate surface area is 284 Å². The first kappa shape index (κ1) is 32.8. The predicted octanol–water partition coefficient (Wildman–Crippen LogP) is 5.14. The molecule has 0 saturated carbocycles. The highest BCUT2D eigenvalue weighted by Crippen LogP contribution is 2.38. The second-order valence-electron chi connectivity index (χ2n) is 15.1. The van der Waals surface area contributed by atoms with Crippen LogP contribution in [0.4, 0.5) is 10.5 Å². The van der Waals surface area contributed by atoms with E-state index in [1.165, 1.54) is 12.8 Å². The Bertz CT molecular complexity index is 1610. The van der Waals surface area contributed by atoms with Gasteiger partial charge in [-0.25, -0.2) is 9.59 Å². The van der Waals surface area contributed by atoms with Gasteiger partial charge in [-0.2, -0.15) is 5.10 Å². The molecule has 0 spiro atoms. The van der Waals surface area contributed by atoms with Crippen LogP contribution in [0.25, 0.3) is 10.9 Å². The van der Waals surface area contributed by atoms with Crippen molar-refractivity contribution in [3.8, 4) is 0 Å². The molecule has 10 nitrogen and oxygen atoms in total. The van der Waals surface area contributed by atoms with Gasteiger partial charge in [-0.3, -0.25) is 14.4 Å². The van der Waals surface area contributed by atoms with E-state index in [4.69, 9.17) is 0 Å². The van der Waals surface area contributed by atoms with Crippen molar-refractivity contribution in [1.29, 1.82) is 0 Å². The van der Waals surface area contributed by atoms with E-state index in [9.17, 15) is 14.4 Å². The monoisotopic (exact) mass is 654 g/mol. The Morgan fingerprint density at radius 1 is 0.958 bits per heavy atom. The molecule has 4 aliphatic rings. The van der Waals surface area contributed by atoms with Gasteiger partial charge in [0.25, 0.3) is 0 Å². The summed E-state index contributed by atoms with van der Waals surface area (Å²) in [7, 11) is 2.11. The number of anilines is 1. The number of carbonyl (C=O) groups is 3. The fourth-order valence-corrected chi connectivity index (χ4v) is 9.00. The number of hydrogen-bond donors (Lipinski definition) is 3. The van der Waals surface area contributed by atoms with Crippen molar-refractivity contribution in [3.05, 3.63) is 59.8 Å². The van der Waals surface area contributed by atoms with Gasteiger partial charge in [0.2, 0.25) is 5.91 Å². The molecule has 7 rings (SSSR count). The smallest absolute Gasteiger partial charge is 0.322 e. The highest BCUT2D eigenvalue weighted by molar-refractivity contribution is 5.91. The Balaban J connectivity index is 1.03. The van der Waals surface area contributed by atoms with E-state index in [1.807, 2.05) is 40.3 Å². The number of nitrogens with one attached hydrogen (secondary N) is 3. The molecule has 3 fully saturated rings. The van der Waals surface area contributed by atoms with Crippen molar-refractivity contribution < 1.29 is 18.9 Å². The van der Waals surface area contributed by atoms with Crippen molar-refractivity contribution >= 4 is 34.4 Å². The third kappa shape index (κ3) is 6.74. The molecule has 0 radical (unpaired) electrons. The van der Waals surface area contributed by atoms with Crippen molar-refractivity contribution in [3.63, 3.8) is 0 Å². The number of fused-ring (bicyclic) bond motifs is 2. The SMILES string of the molecule is CC(c1ccc2[nH]ncc2c1)C(CC(=O)N1CCC(N2CCc3ccccc3NC2=O)CC1)C(=O)[N+]1(C)CCC(C2CCNCC2)CC1. The van der Waals surface area contributed by atoms with E-state index in [0.717, 1.165) is 91.9 Å². The number of likely N-dealkylation sites (tertiary alicyclic amines) is 2. The zero-order valence-corrected chi connectivity index (χ0v) is 28.6. The van der Waals surface area contributed by atoms with Crippen LogP contribution in [0.3, 0.4) is 0 Å². The number of H-pyrrole nitrogens is 1. The number of aromatic nitrogens is 2. The molecule has 5 heterocycles. The number of rotatable bonds is 7. The summed E-state index contributed by atoms with van der Waals surface area (Å²) in [6, 6.07) is 14.3. The van der Waals surface area contributed by atoms with Crippen molar-refractivity contribution in [2.75, 3.05) is 58.2 Å². The molecular formula is C38H52N7O3+. The molecule has 10 heteroatoms. The van der Waals surface area contributed by atoms with Crippen LogP contribution in [0.15, 0.2) is 48.7 Å². The quantitative estimate of drug-likeness (QED) is 0.306. The topological polar surface area (TPSA) is 110 Å². The third-order valence-corrected chi connectivity index (χ3v) is 12.3. The fraction of sp³-hybridized carbons (Fsp3) is 0.579. The van der Waals surface area contributed by atoms with Gasteiger partial charge in [-0.05, 0) is 92.3 Å². The lowest BCUT2D eigenvalue weighted by molar-refractivity contribution is -0.843. The molecule has 4 amide bonds. The van der Waals surface area contributed by atoms with Crippen LogP contribution in [0, 0.1) is 17.8 Å². The Hall–Kier alpha value is -3.76. The number of urea groups is 1. The number of nitrogens with zero attached hydrogens (tertiary/aromatic N) is 4. The summed E-state index contributed by atoms with van der Waals surface area (Å²) in [5.74, 6) is 1.16. The van der Waals surface area contributed by atoms with Crippen LogP contribution in [-0.4, -0.2) is 101 Å². The number of benzene rings is 2. The summed E-state index contributed by atoms with van der Waals surface area (Å²) in [4.78, 5) is 45.8. The van der Waals surface area contributed by atoms with Crippen LogP contribution < -0.4 is 10.6 Å². The number of amides is 4. The maximum absolute atomic E-state index is 14.7. The lowest BCUT2D eigenvalue weighted by Gasteiger charge is -2.43. The van der Waals surface area contributed by atoms with Gasteiger partial charge in [0.1, 0.15) is 0 Å². The molecule has 2 atom stereocenters. The van der Waals surface area contributed by atoms with E-state index in [0.29, 0.717) is 30.0 Å². The Morgan fingerprint density at radius 3 is 2.46 bits per heavy atom. The molecule has 2 unspecified atom stereocenters. The van der Waals surface area contributed by atoms with E-state index >= 15 is 0 Å². The molecule has 0 bridgehead atoms. The summed E-state index contributed by atoms with van der Waals surface area (Å²) in [6.45, 7) is 7.88. The summed E-state index contributed by atoms with van der Waals surface area (Å²) in [5, 5.41) is 14.8. The molecule has 3 N–H and O–H groups in total.